The molecule has 3 unspecified atom stereocenters. The van der Waals surface area contributed by atoms with Crippen LogP contribution in [0, 0.1) is 5.92 Å². The summed E-state index contributed by atoms with van der Waals surface area (Å²) in [5, 5.41) is 3.10. The van der Waals surface area contributed by atoms with Crippen molar-refractivity contribution in [3.63, 3.8) is 0 Å². The van der Waals surface area contributed by atoms with Gasteiger partial charge in [-0.2, -0.15) is 0 Å². The molecule has 0 radical (unpaired) electrons. The van der Waals surface area contributed by atoms with Gasteiger partial charge in [-0.05, 0) is 25.3 Å². The molecule has 0 aromatic carbocycles. The van der Waals surface area contributed by atoms with Gasteiger partial charge in [0.2, 0.25) is 11.8 Å². The Morgan fingerprint density at radius 3 is 2.80 bits per heavy atom. The number of nitrogens with zero attached hydrogens (tertiary/aromatic N) is 1. The molecule has 3 atom stereocenters. The maximum atomic E-state index is 12.3. The molecule has 2 aliphatic rings. The first-order valence-electron chi connectivity index (χ1n) is 7.05. The van der Waals surface area contributed by atoms with Crippen LogP contribution >= 0.6 is 24.2 Å². The van der Waals surface area contributed by atoms with E-state index in [2.05, 4.69) is 5.32 Å². The summed E-state index contributed by atoms with van der Waals surface area (Å²) < 4.78 is 0. The van der Waals surface area contributed by atoms with Crippen LogP contribution in [0.4, 0.5) is 0 Å². The molecule has 0 bridgehead atoms. The van der Waals surface area contributed by atoms with Crippen molar-refractivity contribution in [2.75, 3.05) is 18.2 Å². The molecule has 2 rings (SSSR count). The van der Waals surface area contributed by atoms with Gasteiger partial charge in [0.05, 0.1) is 5.88 Å². The van der Waals surface area contributed by atoms with Gasteiger partial charge in [0, 0.05) is 18.2 Å². The fraction of sp³-hybridized carbons (Fsp3) is 0.846. The first kappa shape index (κ1) is 17.6. The third-order valence-corrected chi connectivity index (χ3v) is 5.11. The largest absolute Gasteiger partial charge is 0.351 e. The lowest BCUT2D eigenvalue weighted by molar-refractivity contribution is -0.138. The molecule has 0 aromatic heterocycles. The monoisotopic (exact) mass is 321 g/mol. The van der Waals surface area contributed by atoms with E-state index in [9.17, 15) is 9.59 Å². The van der Waals surface area contributed by atoms with Crippen molar-refractivity contribution in [3.8, 4) is 0 Å². The topological polar surface area (TPSA) is 75.4 Å². The number of halogens is 1. The zero-order valence-electron chi connectivity index (χ0n) is 11.8. The number of nitrogens with one attached hydrogen (secondary N) is 1. The van der Waals surface area contributed by atoms with Crippen molar-refractivity contribution in [2.24, 2.45) is 11.7 Å². The fourth-order valence-corrected chi connectivity index (χ4v) is 4.08. The average molecular weight is 322 g/mol. The van der Waals surface area contributed by atoms with Gasteiger partial charge >= 0.3 is 0 Å². The molecule has 0 aromatic rings. The number of carbonyl (C=O) groups excluding carboxylic acids is 2. The molecule has 1 heterocycles. The average Bonchev–Trinajstić information content (AvgIpc) is 3.05. The molecular weight excluding hydrogens is 298 g/mol. The molecule has 116 valence electrons. The lowest BCUT2D eigenvalue weighted by Crippen LogP contribution is -2.51. The van der Waals surface area contributed by atoms with Crippen LogP contribution in [-0.4, -0.2) is 47.0 Å². The van der Waals surface area contributed by atoms with Crippen LogP contribution in [0.2, 0.25) is 0 Å². The summed E-state index contributed by atoms with van der Waals surface area (Å²) in [6, 6.07) is -0.0989. The summed E-state index contributed by atoms with van der Waals surface area (Å²) in [6.07, 6.45) is 3.69. The molecule has 2 fully saturated rings. The standard InChI is InChI=1S/C13H23N3O2S.ClH/c1-2-12(17)16-8-19-7-11(16)13(18)15-10-5-3-4-9(10)6-14;/h9-11H,2-8,14H2,1H3,(H,15,18);1H. The van der Waals surface area contributed by atoms with Crippen molar-refractivity contribution < 1.29 is 9.59 Å². The van der Waals surface area contributed by atoms with Gasteiger partial charge in [0.25, 0.3) is 0 Å². The number of carbonyl (C=O) groups is 2. The number of hydrogen-bond acceptors (Lipinski definition) is 4. The molecule has 5 nitrogen and oxygen atoms in total. The predicted molar refractivity (Wildman–Crippen MR) is 83.8 cm³/mol. The van der Waals surface area contributed by atoms with Crippen LogP contribution in [-0.2, 0) is 9.59 Å². The molecule has 7 heteroatoms. The minimum Gasteiger partial charge on any atom is -0.351 e. The van der Waals surface area contributed by atoms with Crippen molar-refractivity contribution in [3.05, 3.63) is 0 Å². The summed E-state index contributed by atoms with van der Waals surface area (Å²) in [5.74, 6) is 1.80. The Kier molecular flexibility index (Phi) is 7.12. The van der Waals surface area contributed by atoms with Crippen molar-refractivity contribution in [1.82, 2.24) is 10.2 Å². The number of nitrogens with two attached hydrogens (primary N) is 1. The van der Waals surface area contributed by atoms with Crippen molar-refractivity contribution in [1.29, 1.82) is 0 Å². The first-order chi connectivity index (χ1) is 9.17. The third kappa shape index (κ3) is 3.80. The molecule has 20 heavy (non-hydrogen) atoms. The number of hydrogen-bond donors (Lipinski definition) is 2. The number of rotatable bonds is 4. The molecule has 1 saturated heterocycles. The van der Waals surface area contributed by atoms with E-state index in [1.165, 1.54) is 0 Å². The molecule has 0 spiro atoms. The summed E-state index contributed by atoms with van der Waals surface area (Å²) in [7, 11) is 0. The van der Waals surface area contributed by atoms with Gasteiger partial charge in [0.15, 0.2) is 0 Å². The Labute approximate surface area is 130 Å². The smallest absolute Gasteiger partial charge is 0.243 e. The van der Waals surface area contributed by atoms with Gasteiger partial charge in [0.1, 0.15) is 6.04 Å². The lowest BCUT2D eigenvalue weighted by atomic mass is 10.0. The summed E-state index contributed by atoms with van der Waals surface area (Å²) in [6.45, 7) is 2.46. The zero-order chi connectivity index (χ0) is 13.8. The molecule has 1 aliphatic carbocycles. The van der Waals surface area contributed by atoms with Crippen molar-refractivity contribution in [2.45, 2.75) is 44.7 Å². The Morgan fingerprint density at radius 1 is 1.40 bits per heavy atom. The molecular formula is C13H24ClN3O2S. The summed E-state index contributed by atoms with van der Waals surface area (Å²) >= 11 is 1.65. The van der Waals surface area contributed by atoms with Crippen LogP contribution in [0.15, 0.2) is 0 Å². The Bertz CT molecular complexity index is 357. The second-order valence-electron chi connectivity index (χ2n) is 5.27. The minimum atomic E-state index is -0.295. The third-order valence-electron chi connectivity index (χ3n) is 4.10. The van der Waals surface area contributed by atoms with E-state index < -0.39 is 0 Å². The normalized spacial score (nSPS) is 29.1. The predicted octanol–water partition coefficient (Wildman–Crippen LogP) is 0.963. The van der Waals surface area contributed by atoms with Gasteiger partial charge in [-0.15, -0.1) is 24.2 Å². The Morgan fingerprint density at radius 2 is 2.15 bits per heavy atom. The number of thioether (sulfide) groups is 1. The van der Waals surface area contributed by atoms with E-state index >= 15 is 0 Å². The highest BCUT2D eigenvalue weighted by atomic mass is 35.5. The van der Waals surface area contributed by atoms with Crippen LogP contribution in [0.1, 0.15) is 32.6 Å². The van der Waals surface area contributed by atoms with Crippen LogP contribution < -0.4 is 11.1 Å². The van der Waals surface area contributed by atoms with Crippen LogP contribution in [0.5, 0.6) is 0 Å². The van der Waals surface area contributed by atoms with E-state index in [0.29, 0.717) is 30.5 Å². The highest BCUT2D eigenvalue weighted by Gasteiger charge is 2.36. The van der Waals surface area contributed by atoms with Crippen molar-refractivity contribution >= 4 is 36.0 Å². The Hall–Kier alpha value is -0.460. The van der Waals surface area contributed by atoms with E-state index in [1.807, 2.05) is 6.92 Å². The summed E-state index contributed by atoms with van der Waals surface area (Å²) in [4.78, 5) is 25.8. The van der Waals surface area contributed by atoms with E-state index in [-0.39, 0.29) is 36.3 Å². The summed E-state index contributed by atoms with van der Waals surface area (Å²) in [5.41, 5.74) is 5.73. The van der Waals surface area contributed by atoms with Gasteiger partial charge in [-0.1, -0.05) is 13.3 Å². The minimum absolute atomic E-state index is 0. The maximum Gasteiger partial charge on any atom is 0.243 e. The molecule has 1 aliphatic heterocycles. The molecule has 1 saturated carbocycles. The first-order valence-corrected chi connectivity index (χ1v) is 8.20. The maximum absolute atomic E-state index is 12.3. The lowest BCUT2D eigenvalue weighted by Gasteiger charge is -2.26. The quantitative estimate of drug-likeness (QED) is 0.809. The van der Waals surface area contributed by atoms with Crippen LogP contribution in [0.3, 0.4) is 0 Å². The highest BCUT2D eigenvalue weighted by Crippen LogP contribution is 2.26. The van der Waals surface area contributed by atoms with E-state index in [4.69, 9.17) is 5.73 Å². The zero-order valence-corrected chi connectivity index (χ0v) is 13.5. The Balaban J connectivity index is 0.00000200. The molecule has 3 N–H and O–H groups in total. The van der Waals surface area contributed by atoms with E-state index in [0.717, 1.165) is 19.3 Å². The fourth-order valence-electron chi connectivity index (χ4n) is 2.90. The van der Waals surface area contributed by atoms with E-state index in [1.54, 1.807) is 16.7 Å². The second kappa shape index (κ2) is 8.10. The van der Waals surface area contributed by atoms with Gasteiger partial charge in [-0.3, -0.25) is 9.59 Å². The second-order valence-corrected chi connectivity index (χ2v) is 6.27. The van der Waals surface area contributed by atoms with Crippen LogP contribution in [0.25, 0.3) is 0 Å². The molecule has 2 amide bonds. The SMILES string of the molecule is CCC(=O)N1CSCC1C(=O)NC1CCCC1CN.Cl. The van der Waals surface area contributed by atoms with Gasteiger partial charge < -0.3 is 16.0 Å². The highest BCUT2D eigenvalue weighted by molar-refractivity contribution is 7.99. The number of amides is 2. The van der Waals surface area contributed by atoms with Gasteiger partial charge in [-0.25, -0.2) is 0 Å².